The Labute approximate surface area is 172 Å². The van der Waals surface area contributed by atoms with Crippen molar-refractivity contribution in [1.82, 2.24) is 0 Å². The lowest BCUT2D eigenvalue weighted by Crippen LogP contribution is -2.14. The zero-order valence-corrected chi connectivity index (χ0v) is 17.8. The first kappa shape index (κ1) is 22.5. The number of unbranched alkanes of at least 4 members (excludes halogenated alkanes) is 1. The SMILES string of the molecule is CCCCOc1cc(/C=C/C(=O)c2ccc(NS(=O)(=O)CC)cc2)ccc1OC. The maximum absolute atomic E-state index is 12.4. The van der Waals surface area contributed by atoms with Crippen LogP contribution in [-0.2, 0) is 10.0 Å². The van der Waals surface area contributed by atoms with Gasteiger partial charge >= 0.3 is 0 Å². The highest BCUT2D eigenvalue weighted by molar-refractivity contribution is 7.92. The van der Waals surface area contributed by atoms with E-state index in [0.717, 1.165) is 18.4 Å². The minimum Gasteiger partial charge on any atom is -0.493 e. The van der Waals surface area contributed by atoms with E-state index in [1.807, 2.05) is 12.1 Å². The van der Waals surface area contributed by atoms with Crippen LogP contribution in [0.25, 0.3) is 6.08 Å². The molecule has 0 heterocycles. The summed E-state index contributed by atoms with van der Waals surface area (Å²) in [5, 5.41) is 0. The largest absolute Gasteiger partial charge is 0.493 e. The van der Waals surface area contributed by atoms with Crippen molar-refractivity contribution in [3.8, 4) is 11.5 Å². The highest BCUT2D eigenvalue weighted by Gasteiger charge is 2.08. The lowest BCUT2D eigenvalue weighted by atomic mass is 10.1. The smallest absolute Gasteiger partial charge is 0.232 e. The van der Waals surface area contributed by atoms with Crippen LogP contribution in [-0.4, -0.2) is 33.7 Å². The summed E-state index contributed by atoms with van der Waals surface area (Å²) in [7, 11) is -1.75. The second kappa shape index (κ2) is 10.7. The molecule has 0 fully saturated rings. The Morgan fingerprint density at radius 3 is 2.41 bits per heavy atom. The van der Waals surface area contributed by atoms with Crippen LogP contribution in [0.2, 0.25) is 0 Å². The van der Waals surface area contributed by atoms with Crippen molar-refractivity contribution in [2.24, 2.45) is 0 Å². The second-order valence-corrected chi connectivity index (χ2v) is 8.40. The maximum Gasteiger partial charge on any atom is 0.232 e. The van der Waals surface area contributed by atoms with E-state index in [4.69, 9.17) is 9.47 Å². The number of rotatable bonds is 11. The van der Waals surface area contributed by atoms with Gasteiger partial charge in [-0.2, -0.15) is 0 Å². The Hall–Kier alpha value is -2.80. The number of allylic oxidation sites excluding steroid dienone is 1. The number of hydrogen-bond acceptors (Lipinski definition) is 5. The molecule has 0 unspecified atom stereocenters. The van der Waals surface area contributed by atoms with Crippen molar-refractivity contribution in [2.75, 3.05) is 24.2 Å². The molecule has 0 saturated carbocycles. The van der Waals surface area contributed by atoms with Gasteiger partial charge in [-0.1, -0.05) is 25.5 Å². The molecule has 1 N–H and O–H groups in total. The fourth-order valence-corrected chi connectivity index (χ4v) is 3.10. The zero-order chi connectivity index (χ0) is 21.3. The molecule has 0 aromatic heterocycles. The molecule has 0 atom stereocenters. The van der Waals surface area contributed by atoms with Gasteiger partial charge in [0.1, 0.15) is 0 Å². The molecule has 2 aromatic carbocycles. The summed E-state index contributed by atoms with van der Waals surface area (Å²) in [5.41, 5.74) is 1.71. The number of ketones is 1. The minimum absolute atomic E-state index is 0.0115. The van der Waals surface area contributed by atoms with Gasteiger partial charge in [0, 0.05) is 11.3 Å². The molecule has 2 rings (SSSR count). The number of carbonyl (C=O) groups is 1. The number of methoxy groups -OCH3 is 1. The minimum atomic E-state index is -3.34. The van der Waals surface area contributed by atoms with Gasteiger partial charge in [0.15, 0.2) is 17.3 Å². The molecular weight excluding hydrogens is 390 g/mol. The van der Waals surface area contributed by atoms with E-state index >= 15 is 0 Å². The van der Waals surface area contributed by atoms with Gasteiger partial charge in [-0.3, -0.25) is 9.52 Å². The van der Waals surface area contributed by atoms with Crippen LogP contribution in [0, 0.1) is 0 Å². The Bertz CT molecular complexity index is 950. The molecule has 6 nitrogen and oxygen atoms in total. The average Bonchev–Trinajstić information content (AvgIpc) is 2.72. The van der Waals surface area contributed by atoms with Gasteiger partial charge in [-0.05, 0) is 61.4 Å². The highest BCUT2D eigenvalue weighted by Crippen LogP contribution is 2.29. The summed E-state index contributed by atoms with van der Waals surface area (Å²) in [5.74, 6) is 1.10. The van der Waals surface area contributed by atoms with E-state index in [0.29, 0.717) is 29.4 Å². The van der Waals surface area contributed by atoms with Crippen LogP contribution in [0.4, 0.5) is 5.69 Å². The van der Waals surface area contributed by atoms with Crippen molar-refractivity contribution >= 4 is 27.6 Å². The van der Waals surface area contributed by atoms with E-state index in [-0.39, 0.29) is 11.5 Å². The summed E-state index contributed by atoms with van der Waals surface area (Å²) in [6.45, 7) is 4.26. The van der Waals surface area contributed by atoms with Crippen LogP contribution >= 0.6 is 0 Å². The number of carbonyl (C=O) groups excluding carboxylic acids is 1. The Balaban J connectivity index is 2.09. The standard InChI is InChI=1S/C22H27NO5S/c1-4-6-15-28-22-16-17(8-14-21(22)27-3)7-13-20(24)18-9-11-19(12-10-18)23-29(25,26)5-2/h7-14,16,23H,4-6,15H2,1-3H3/b13-7+. The van der Waals surface area contributed by atoms with Crippen LogP contribution in [0.15, 0.2) is 48.5 Å². The average molecular weight is 418 g/mol. The van der Waals surface area contributed by atoms with Gasteiger partial charge in [0.25, 0.3) is 0 Å². The summed E-state index contributed by atoms with van der Waals surface area (Å²) in [6.07, 6.45) is 5.17. The normalized spacial score (nSPS) is 11.4. The molecule has 0 aliphatic heterocycles. The molecule has 0 radical (unpaired) electrons. The molecule has 0 aliphatic carbocycles. The molecule has 0 saturated heterocycles. The van der Waals surface area contributed by atoms with E-state index in [9.17, 15) is 13.2 Å². The lowest BCUT2D eigenvalue weighted by molar-refractivity contribution is 0.104. The lowest BCUT2D eigenvalue weighted by Gasteiger charge is -2.11. The summed E-state index contributed by atoms with van der Waals surface area (Å²) >= 11 is 0. The molecular formula is C22H27NO5S. The first-order chi connectivity index (χ1) is 13.9. The number of hydrogen-bond donors (Lipinski definition) is 1. The predicted octanol–water partition coefficient (Wildman–Crippen LogP) is 4.53. The first-order valence-corrected chi connectivity index (χ1v) is 11.2. The predicted molar refractivity (Wildman–Crippen MR) is 116 cm³/mol. The monoisotopic (exact) mass is 417 g/mol. The second-order valence-electron chi connectivity index (χ2n) is 6.39. The van der Waals surface area contributed by atoms with Crippen molar-refractivity contribution in [3.05, 3.63) is 59.7 Å². The topological polar surface area (TPSA) is 81.7 Å². The quantitative estimate of drug-likeness (QED) is 0.330. The molecule has 0 amide bonds. The third-order valence-corrected chi connectivity index (χ3v) is 5.50. The van der Waals surface area contributed by atoms with Gasteiger partial charge in [0.05, 0.1) is 19.5 Å². The highest BCUT2D eigenvalue weighted by atomic mass is 32.2. The summed E-state index contributed by atoms with van der Waals surface area (Å²) in [4.78, 5) is 12.4. The van der Waals surface area contributed by atoms with Crippen LogP contribution < -0.4 is 14.2 Å². The third-order valence-electron chi connectivity index (χ3n) is 4.19. The van der Waals surface area contributed by atoms with Crippen molar-refractivity contribution in [2.45, 2.75) is 26.7 Å². The Kier molecular flexibility index (Phi) is 8.27. The number of sulfonamides is 1. The van der Waals surface area contributed by atoms with Crippen molar-refractivity contribution in [3.63, 3.8) is 0 Å². The number of benzene rings is 2. The van der Waals surface area contributed by atoms with Crippen LogP contribution in [0.3, 0.4) is 0 Å². The van der Waals surface area contributed by atoms with Gasteiger partial charge in [-0.15, -0.1) is 0 Å². The molecule has 156 valence electrons. The van der Waals surface area contributed by atoms with Crippen LogP contribution in [0.5, 0.6) is 11.5 Å². The fraction of sp³-hybridized carbons (Fsp3) is 0.318. The van der Waals surface area contributed by atoms with Gasteiger partial charge < -0.3 is 9.47 Å². The van der Waals surface area contributed by atoms with Crippen molar-refractivity contribution in [1.29, 1.82) is 0 Å². The molecule has 0 bridgehead atoms. The number of nitrogens with one attached hydrogen (secondary N) is 1. The fourth-order valence-electron chi connectivity index (χ4n) is 2.46. The van der Waals surface area contributed by atoms with E-state index in [2.05, 4.69) is 11.6 Å². The Morgan fingerprint density at radius 2 is 1.79 bits per heavy atom. The molecule has 0 spiro atoms. The van der Waals surface area contributed by atoms with E-state index in [1.165, 1.54) is 6.08 Å². The van der Waals surface area contributed by atoms with E-state index < -0.39 is 10.0 Å². The van der Waals surface area contributed by atoms with Crippen molar-refractivity contribution < 1.29 is 22.7 Å². The third kappa shape index (κ3) is 6.94. The first-order valence-electron chi connectivity index (χ1n) is 9.52. The summed E-state index contributed by atoms with van der Waals surface area (Å²) in [6, 6.07) is 11.8. The number of anilines is 1. The summed E-state index contributed by atoms with van der Waals surface area (Å²) < 4.78 is 36.7. The van der Waals surface area contributed by atoms with Gasteiger partial charge in [0.2, 0.25) is 10.0 Å². The molecule has 7 heteroatoms. The zero-order valence-electron chi connectivity index (χ0n) is 17.0. The number of ether oxygens (including phenoxy) is 2. The molecule has 0 aliphatic rings. The van der Waals surface area contributed by atoms with Gasteiger partial charge in [-0.25, -0.2) is 8.42 Å². The molecule has 29 heavy (non-hydrogen) atoms. The molecule has 2 aromatic rings. The van der Waals surface area contributed by atoms with E-state index in [1.54, 1.807) is 50.4 Å². The Morgan fingerprint density at radius 1 is 1.07 bits per heavy atom. The van der Waals surface area contributed by atoms with Crippen LogP contribution in [0.1, 0.15) is 42.6 Å². The maximum atomic E-state index is 12.4.